The molecule has 0 aliphatic rings. The molecule has 1 radical (unpaired) electrons. The second kappa shape index (κ2) is 3.98. The Morgan fingerprint density at radius 3 is 1.94 bits per heavy atom. The molecular weight excluding hydrogens is 281 g/mol. The number of halogens is 3. The largest absolute Gasteiger partial charge is 0.501 e. The van der Waals surface area contributed by atoms with Crippen LogP contribution in [0.15, 0.2) is 28.0 Å². The second-order valence-corrected chi connectivity index (χ2v) is 7.08. The van der Waals surface area contributed by atoms with Crippen LogP contribution in [0.5, 0.6) is 0 Å². The number of hydrogen-bond donors (Lipinski definition) is 0. The van der Waals surface area contributed by atoms with Crippen LogP contribution in [0.25, 0.3) is 0 Å². The van der Waals surface area contributed by atoms with Crippen LogP contribution in [0.2, 0.25) is 0 Å². The minimum absolute atomic E-state index is 0.453. The normalized spacial score (nSPS) is 13.6. The van der Waals surface area contributed by atoms with Gasteiger partial charge < -0.3 is 0 Å². The molecule has 0 N–H and O–H groups in total. The van der Waals surface area contributed by atoms with E-state index in [0.717, 1.165) is 12.3 Å². The van der Waals surface area contributed by atoms with Crippen molar-refractivity contribution < 1.29 is 30.0 Å². The maximum absolute atomic E-state index is 12.2. The summed E-state index contributed by atoms with van der Waals surface area (Å²) in [5.41, 5.74) is -5.48. The molecule has 4 nitrogen and oxygen atoms in total. The van der Waals surface area contributed by atoms with Gasteiger partial charge in [0.05, 0.1) is 9.79 Å². The molecule has 1 aromatic carbocycles. The first kappa shape index (κ1) is 14.0. The van der Waals surface area contributed by atoms with Gasteiger partial charge in [0.2, 0.25) is 0 Å². The van der Waals surface area contributed by atoms with Crippen molar-refractivity contribution in [2.75, 3.05) is 6.26 Å². The molecule has 0 saturated carbocycles. The van der Waals surface area contributed by atoms with Crippen molar-refractivity contribution in [3.05, 3.63) is 24.3 Å². The third kappa shape index (κ3) is 2.78. The van der Waals surface area contributed by atoms with E-state index < -0.39 is 35.0 Å². The van der Waals surface area contributed by atoms with Gasteiger partial charge in [-0.05, 0) is 24.3 Å². The summed E-state index contributed by atoms with van der Waals surface area (Å²) in [7, 11) is -9.35. The monoisotopic (exact) mass is 287 g/mol. The lowest BCUT2D eigenvalue weighted by atomic mass is 10.4. The second-order valence-electron chi connectivity index (χ2n) is 3.13. The molecule has 0 amide bonds. The topological polar surface area (TPSA) is 68.3 Å². The fraction of sp³-hybridized carbons (Fsp3) is 0.250. The SMILES string of the molecule is CS(=O)(=O)c1c[c]cc(S(=O)(=O)C(F)(F)F)c1. The summed E-state index contributed by atoms with van der Waals surface area (Å²) in [6.45, 7) is 0. The van der Waals surface area contributed by atoms with Crippen molar-refractivity contribution in [1.29, 1.82) is 0 Å². The van der Waals surface area contributed by atoms with Crippen LogP contribution in [-0.4, -0.2) is 28.6 Å². The summed E-state index contributed by atoms with van der Waals surface area (Å²) >= 11 is 0. The van der Waals surface area contributed by atoms with Crippen molar-refractivity contribution in [2.24, 2.45) is 0 Å². The predicted octanol–water partition coefficient (Wildman–Crippen LogP) is 1.18. The average molecular weight is 287 g/mol. The van der Waals surface area contributed by atoms with Gasteiger partial charge in [-0.1, -0.05) is 0 Å². The quantitative estimate of drug-likeness (QED) is 0.819. The van der Waals surface area contributed by atoms with Crippen LogP contribution in [0.1, 0.15) is 0 Å². The van der Waals surface area contributed by atoms with Gasteiger partial charge in [0.15, 0.2) is 9.84 Å². The van der Waals surface area contributed by atoms with Crippen LogP contribution in [0, 0.1) is 6.07 Å². The van der Waals surface area contributed by atoms with Gasteiger partial charge in [-0.25, -0.2) is 16.8 Å². The van der Waals surface area contributed by atoms with Crippen LogP contribution < -0.4 is 0 Å². The standard InChI is InChI=1S/C8H6F3O4S2/c1-16(12,13)6-3-2-4-7(5-6)17(14,15)8(9,10)11/h3-5H,1H3. The number of hydrogen-bond acceptors (Lipinski definition) is 4. The zero-order valence-electron chi connectivity index (χ0n) is 8.32. The van der Waals surface area contributed by atoms with Gasteiger partial charge in [0.25, 0.3) is 9.84 Å². The summed E-state index contributed by atoms with van der Waals surface area (Å²) in [5.74, 6) is 0. The Balaban J connectivity index is 3.47. The molecule has 0 spiro atoms. The van der Waals surface area contributed by atoms with Gasteiger partial charge >= 0.3 is 5.51 Å². The number of sulfone groups is 2. The summed E-state index contributed by atoms with van der Waals surface area (Å²) in [6, 6.07) is 3.97. The van der Waals surface area contributed by atoms with Gasteiger partial charge in [-0.2, -0.15) is 13.2 Å². The maximum atomic E-state index is 12.2. The number of rotatable bonds is 2. The predicted molar refractivity (Wildman–Crippen MR) is 51.6 cm³/mol. The first-order valence-electron chi connectivity index (χ1n) is 3.99. The van der Waals surface area contributed by atoms with Crippen molar-refractivity contribution in [3.63, 3.8) is 0 Å². The van der Waals surface area contributed by atoms with E-state index in [9.17, 15) is 30.0 Å². The van der Waals surface area contributed by atoms with Gasteiger partial charge in [-0.3, -0.25) is 0 Å². The van der Waals surface area contributed by atoms with E-state index in [1.165, 1.54) is 0 Å². The molecule has 0 unspecified atom stereocenters. The lowest BCUT2D eigenvalue weighted by molar-refractivity contribution is -0.0436. The van der Waals surface area contributed by atoms with Crippen molar-refractivity contribution in [2.45, 2.75) is 15.3 Å². The highest BCUT2D eigenvalue weighted by Crippen LogP contribution is 2.30. The summed E-state index contributed by atoms with van der Waals surface area (Å²) in [4.78, 5) is -1.68. The summed E-state index contributed by atoms with van der Waals surface area (Å²) in [5, 5.41) is 0. The Bertz CT molecular complexity index is 629. The Morgan fingerprint density at radius 2 is 1.53 bits per heavy atom. The fourth-order valence-corrected chi connectivity index (χ4v) is 2.40. The maximum Gasteiger partial charge on any atom is 0.501 e. The highest BCUT2D eigenvalue weighted by molar-refractivity contribution is 7.92. The third-order valence-corrected chi connectivity index (χ3v) is 4.34. The van der Waals surface area contributed by atoms with Gasteiger partial charge in [0, 0.05) is 6.26 Å². The van der Waals surface area contributed by atoms with Crippen LogP contribution in [-0.2, 0) is 19.7 Å². The van der Waals surface area contributed by atoms with Crippen molar-refractivity contribution in [1.82, 2.24) is 0 Å². The molecule has 0 fully saturated rings. The lowest BCUT2D eigenvalue weighted by Gasteiger charge is -2.08. The molecule has 17 heavy (non-hydrogen) atoms. The van der Waals surface area contributed by atoms with Crippen molar-refractivity contribution in [3.8, 4) is 0 Å². The van der Waals surface area contributed by atoms with E-state index in [1.807, 2.05) is 0 Å². The highest BCUT2D eigenvalue weighted by atomic mass is 32.2. The van der Waals surface area contributed by atoms with E-state index >= 15 is 0 Å². The van der Waals surface area contributed by atoms with Crippen LogP contribution in [0.3, 0.4) is 0 Å². The fourth-order valence-electron chi connectivity index (χ4n) is 0.932. The third-order valence-electron chi connectivity index (χ3n) is 1.78. The van der Waals surface area contributed by atoms with E-state index in [2.05, 4.69) is 6.07 Å². The summed E-state index contributed by atoms with van der Waals surface area (Å²) in [6.07, 6.45) is 0.750. The number of alkyl halides is 3. The summed E-state index contributed by atoms with van der Waals surface area (Å²) < 4.78 is 80.7. The zero-order chi connectivity index (χ0) is 13.5. The smallest absolute Gasteiger partial charge is 0.224 e. The Morgan fingerprint density at radius 1 is 1.06 bits per heavy atom. The lowest BCUT2D eigenvalue weighted by Crippen LogP contribution is -2.23. The molecule has 0 saturated heterocycles. The molecule has 9 heteroatoms. The molecule has 0 aliphatic heterocycles. The molecule has 1 rings (SSSR count). The molecule has 0 aliphatic carbocycles. The van der Waals surface area contributed by atoms with Gasteiger partial charge in [0.1, 0.15) is 0 Å². The first-order chi connectivity index (χ1) is 7.46. The van der Waals surface area contributed by atoms with Gasteiger partial charge in [-0.15, -0.1) is 0 Å². The van der Waals surface area contributed by atoms with Crippen LogP contribution >= 0.6 is 0 Å². The Labute approximate surface area is 95.9 Å². The Hall–Kier alpha value is -1.09. The molecule has 95 valence electrons. The number of benzene rings is 1. The molecule has 0 bridgehead atoms. The van der Waals surface area contributed by atoms with E-state index in [-0.39, 0.29) is 0 Å². The first-order valence-corrected chi connectivity index (χ1v) is 7.36. The minimum Gasteiger partial charge on any atom is -0.224 e. The molecule has 0 aromatic heterocycles. The average Bonchev–Trinajstić information content (AvgIpc) is 2.15. The molecule has 1 aromatic rings. The van der Waals surface area contributed by atoms with E-state index in [4.69, 9.17) is 0 Å². The molecular formula is C8H6F3O4S2. The highest BCUT2D eigenvalue weighted by Gasteiger charge is 2.47. The van der Waals surface area contributed by atoms with E-state index in [1.54, 1.807) is 0 Å². The molecule has 0 heterocycles. The van der Waals surface area contributed by atoms with Crippen molar-refractivity contribution >= 4 is 19.7 Å². The molecule has 0 atom stereocenters. The minimum atomic E-state index is -5.55. The van der Waals surface area contributed by atoms with Crippen LogP contribution in [0.4, 0.5) is 13.2 Å². The van der Waals surface area contributed by atoms with E-state index in [0.29, 0.717) is 12.1 Å². The Kier molecular flexibility index (Phi) is 3.27. The zero-order valence-corrected chi connectivity index (χ0v) is 9.95.